The number of fused-ring (bicyclic) bond motifs is 1. The Bertz CT molecular complexity index is 674. The van der Waals surface area contributed by atoms with Crippen LogP contribution < -0.4 is 5.32 Å². The van der Waals surface area contributed by atoms with Crippen molar-refractivity contribution in [3.8, 4) is 0 Å². The first kappa shape index (κ1) is 15.9. The summed E-state index contributed by atoms with van der Waals surface area (Å²) >= 11 is 5.91. The van der Waals surface area contributed by atoms with Crippen molar-refractivity contribution >= 4 is 23.2 Å². The Morgan fingerprint density at radius 2 is 1.96 bits per heavy atom. The molecule has 4 heteroatoms. The summed E-state index contributed by atoms with van der Waals surface area (Å²) in [6, 6.07) is 15.9. The number of amides is 1. The van der Waals surface area contributed by atoms with E-state index in [-0.39, 0.29) is 18.0 Å². The number of para-hydroxylation sites is 1. The summed E-state index contributed by atoms with van der Waals surface area (Å²) in [6.45, 7) is 1.98. The second-order valence-electron chi connectivity index (χ2n) is 6.20. The monoisotopic (exact) mass is 328 g/mol. The molecule has 0 saturated heterocycles. The summed E-state index contributed by atoms with van der Waals surface area (Å²) in [5.41, 5.74) is 3.52. The first-order valence-electron chi connectivity index (χ1n) is 7.90. The van der Waals surface area contributed by atoms with Gasteiger partial charge in [-0.2, -0.15) is 0 Å². The molecule has 3 nitrogen and oxygen atoms in total. The molecular weight excluding hydrogens is 308 g/mol. The number of halogens is 1. The molecule has 2 unspecified atom stereocenters. The lowest BCUT2D eigenvalue weighted by Crippen LogP contribution is -2.43. The maximum absolute atomic E-state index is 12.7. The number of rotatable bonds is 4. The van der Waals surface area contributed by atoms with E-state index in [1.165, 1.54) is 5.56 Å². The molecule has 0 radical (unpaired) electrons. The molecule has 0 saturated carbocycles. The Labute approximate surface area is 142 Å². The van der Waals surface area contributed by atoms with Crippen molar-refractivity contribution in [2.45, 2.75) is 25.9 Å². The number of carbonyl (C=O) groups is 1. The summed E-state index contributed by atoms with van der Waals surface area (Å²) < 4.78 is 0. The smallest absolute Gasteiger partial charge is 0.227 e. The van der Waals surface area contributed by atoms with Crippen LogP contribution >= 0.6 is 11.6 Å². The van der Waals surface area contributed by atoms with Crippen molar-refractivity contribution in [1.82, 2.24) is 4.90 Å². The van der Waals surface area contributed by atoms with Gasteiger partial charge in [-0.25, -0.2) is 0 Å². The Balaban J connectivity index is 1.62. The molecule has 120 valence electrons. The minimum absolute atomic E-state index is 0.0348. The number of nitrogens with one attached hydrogen (secondary N) is 1. The number of benzene rings is 2. The van der Waals surface area contributed by atoms with E-state index >= 15 is 0 Å². The number of anilines is 1. The minimum atomic E-state index is -0.0633. The van der Waals surface area contributed by atoms with Gasteiger partial charge in [0.1, 0.15) is 6.17 Å². The van der Waals surface area contributed by atoms with Gasteiger partial charge in [0.15, 0.2) is 0 Å². The van der Waals surface area contributed by atoms with Crippen molar-refractivity contribution in [3.63, 3.8) is 0 Å². The van der Waals surface area contributed by atoms with Gasteiger partial charge in [-0.05, 0) is 35.7 Å². The highest BCUT2D eigenvalue weighted by Crippen LogP contribution is 2.27. The lowest BCUT2D eigenvalue weighted by atomic mass is 9.99. The fraction of sp³-hybridized carbons (Fsp3) is 0.316. The van der Waals surface area contributed by atoms with Gasteiger partial charge in [0.2, 0.25) is 5.91 Å². The highest BCUT2D eigenvalue weighted by molar-refractivity contribution is 6.30. The molecule has 1 amide bonds. The lowest BCUT2D eigenvalue weighted by Gasteiger charge is -2.28. The molecule has 0 aromatic heterocycles. The van der Waals surface area contributed by atoms with Gasteiger partial charge in [0.05, 0.1) is 0 Å². The molecule has 0 aliphatic carbocycles. The highest BCUT2D eigenvalue weighted by Gasteiger charge is 2.28. The predicted molar refractivity (Wildman–Crippen MR) is 94.6 cm³/mol. The average Bonchev–Trinajstić information content (AvgIpc) is 2.99. The Morgan fingerprint density at radius 1 is 1.26 bits per heavy atom. The zero-order valence-electron chi connectivity index (χ0n) is 13.4. The van der Waals surface area contributed by atoms with Crippen LogP contribution in [0.25, 0.3) is 0 Å². The third-order valence-corrected chi connectivity index (χ3v) is 4.70. The first-order chi connectivity index (χ1) is 11.0. The molecule has 2 atom stereocenters. The van der Waals surface area contributed by atoms with Crippen molar-refractivity contribution in [3.05, 3.63) is 64.7 Å². The quantitative estimate of drug-likeness (QED) is 0.921. The van der Waals surface area contributed by atoms with Crippen LogP contribution in [0.1, 0.15) is 18.1 Å². The lowest BCUT2D eigenvalue weighted by molar-refractivity contribution is -0.135. The summed E-state index contributed by atoms with van der Waals surface area (Å²) in [4.78, 5) is 14.5. The third kappa shape index (κ3) is 3.50. The van der Waals surface area contributed by atoms with Crippen LogP contribution in [0.2, 0.25) is 5.02 Å². The van der Waals surface area contributed by atoms with Crippen molar-refractivity contribution in [2.24, 2.45) is 5.92 Å². The van der Waals surface area contributed by atoms with Crippen LogP contribution in [-0.4, -0.2) is 24.0 Å². The number of carbonyl (C=O) groups excluding carboxylic acids is 1. The molecule has 2 aromatic rings. The molecule has 0 bridgehead atoms. The number of hydrogen-bond acceptors (Lipinski definition) is 2. The van der Waals surface area contributed by atoms with E-state index in [9.17, 15) is 4.79 Å². The van der Waals surface area contributed by atoms with E-state index in [2.05, 4.69) is 17.4 Å². The van der Waals surface area contributed by atoms with Gasteiger partial charge in [-0.1, -0.05) is 48.9 Å². The summed E-state index contributed by atoms with van der Waals surface area (Å²) in [7, 11) is 1.88. The van der Waals surface area contributed by atoms with Crippen LogP contribution in [0.4, 0.5) is 5.69 Å². The van der Waals surface area contributed by atoms with Gasteiger partial charge in [0.25, 0.3) is 0 Å². The van der Waals surface area contributed by atoms with Crippen LogP contribution in [0.5, 0.6) is 0 Å². The van der Waals surface area contributed by atoms with Crippen LogP contribution in [0, 0.1) is 5.92 Å². The second kappa shape index (κ2) is 6.63. The van der Waals surface area contributed by atoms with Crippen molar-refractivity contribution < 1.29 is 4.79 Å². The Hall–Kier alpha value is -2.00. The van der Waals surface area contributed by atoms with E-state index in [0.717, 1.165) is 29.1 Å². The zero-order valence-corrected chi connectivity index (χ0v) is 14.2. The predicted octanol–water partition coefficient (Wildman–Crippen LogP) is 3.97. The Kier molecular flexibility index (Phi) is 4.58. The van der Waals surface area contributed by atoms with Crippen LogP contribution in [0.15, 0.2) is 48.5 Å². The summed E-state index contributed by atoms with van der Waals surface area (Å²) in [5.74, 6) is 0.0944. The van der Waals surface area contributed by atoms with Gasteiger partial charge < -0.3 is 10.2 Å². The topological polar surface area (TPSA) is 32.3 Å². The zero-order chi connectivity index (χ0) is 16.4. The van der Waals surface area contributed by atoms with Gasteiger partial charge in [-0.3, -0.25) is 4.79 Å². The van der Waals surface area contributed by atoms with Crippen LogP contribution in [0.3, 0.4) is 0 Å². The van der Waals surface area contributed by atoms with Crippen molar-refractivity contribution in [2.75, 3.05) is 12.4 Å². The second-order valence-corrected chi connectivity index (χ2v) is 6.64. The fourth-order valence-electron chi connectivity index (χ4n) is 3.07. The molecule has 1 N–H and O–H groups in total. The van der Waals surface area contributed by atoms with Gasteiger partial charge in [-0.15, -0.1) is 0 Å². The number of hydrogen-bond donors (Lipinski definition) is 1. The maximum atomic E-state index is 12.7. The maximum Gasteiger partial charge on any atom is 0.227 e. The molecule has 0 spiro atoms. The number of likely N-dealkylation sites (N-methyl/N-ethyl adjacent to an activating group) is 1. The molecule has 1 heterocycles. The minimum Gasteiger partial charge on any atom is -0.365 e. The average molecular weight is 329 g/mol. The fourth-order valence-corrected chi connectivity index (χ4v) is 3.20. The summed E-state index contributed by atoms with van der Waals surface area (Å²) in [5, 5.41) is 4.15. The van der Waals surface area contributed by atoms with Crippen LogP contribution in [-0.2, 0) is 17.6 Å². The SMILES string of the molecule is CC(Cc1ccc(Cl)cc1)C(=O)N(C)C1Cc2ccccc2N1. The highest BCUT2D eigenvalue weighted by atomic mass is 35.5. The number of nitrogens with zero attached hydrogens (tertiary/aromatic N) is 1. The van der Waals surface area contributed by atoms with E-state index in [0.29, 0.717) is 0 Å². The van der Waals surface area contributed by atoms with Gasteiger partial charge >= 0.3 is 0 Å². The molecule has 1 aliphatic rings. The molecular formula is C19H21ClN2O. The van der Waals surface area contributed by atoms with E-state index in [1.807, 2.05) is 55.3 Å². The summed E-state index contributed by atoms with van der Waals surface area (Å²) in [6.07, 6.45) is 1.61. The third-order valence-electron chi connectivity index (χ3n) is 4.44. The first-order valence-corrected chi connectivity index (χ1v) is 8.28. The van der Waals surface area contributed by atoms with E-state index in [1.54, 1.807) is 0 Å². The largest absolute Gasteiger partial charge is 0.365 e. The molecule has 23 heavy (non-hydrogen) atoms. The standard InChI is InChI=1S/C19H21ClN2O/c1-13(11-14-7-9-16(20)10-8-14)19(23)22(2)18-12-15-5-3-4-6-17(15)21-18/h3-10,13,18,21H,11-12H2,1-2H3. The van der Waals surface area contributed by atoms with Crippen molar-refractivity contribution in [1.29, 1.82) is 0 Å². The molecule has 2 aromatic carbocycles. The molecule has 0 fully saturated rings. The Morgan fingerprint density at radius 3 is 2.65 bits per heavy atom. The van der Waals surface area contributed by atoms with E-state index < -0.39 is 0 Å². The molecule has 1 aliphatic heterocycles. The van der Waals surface area contributed by atoms with E-state index in [4.69, 9.17) is 11.6 Å². The molecule has 3 rings (SSSR count). The van der Waals surface area contributed by atoms with Gasteiger partial charge in [0, 0.05) is 30.1 Å². The normalized spacial score (nSPS) is 17.3.